The summed E-state index contributed by atoms with van der Waals surface area (Å²) < 4.78 is 17.3. The fourth-order valence-electron chi connectivity index (χ4n) is 2.77. The summed E-state index contributed by atoms with van der Waals surface area (Å²) >= 11 is 3.53. The average molecular weight is 414 g/mol. The summed E-state index contributed by atoms with van der Waals surface area (Å²) in [6, 6.07) is 17.0. The number of fused-ring (bicyclic) bond motifs is 2. The summed E-state index contributed by atoms with van der Waals surface area (Å²) in [4.78, 5) is 12.5. The van der Waals surface area contributed by atoms with Crippen LogP contribution in [0.1, 0.15) is 6.92 Å². The van der Waals surface area contributed by atoms with Crippen molar-refractivity contribution in [1.29, 1.82) is 0 Å². The normalized spacial score (nSPS) is 13.5. The van der Waals surface area contributed by atoms with Crippen molar-refractivity contribution >= 4 is 38.3 Å². The molecule has 1 unspecified atom stereocenters. The fourth-order valence-corrected chi connectivity index (χ4v) is 3.29. The molecule has 1 atom stereocenters. The molecule has 0 bridgehead atoms. The fraction of sp³-hybridized carbons (Fsp3) is 0.150. The third-order valence-electron chi connectivity index (χ3n) is 4.12. The van der Waals surface area contributed by atoms with Gasteiger partial charge in [0.25, 0.3) is 5.91 Å². The molecule has 3 aromatic carbocycles. The molecule has 3 aromatic rings. The second-order valence-electron chi connectivity index (χ2n) is 5.94. The summed E-state index contributed by atoms with van der Waals surface area (Å²) in [6.07, 6.45) is -0.659. The molecule has 0 saturated carbocycles. The van der Waals surface area contributed by atoms with Crippen LogP contribution in [0, 0.1) is 0 Å². The van der Waals surface area contributed by atoms with Gasteiger partial charge in [-0.1, -0.05) is 34.1 Å². The van der Waals surface area contributed by atoms with Gasteiger partial charge in [0, 0.05) is 16.2 Å². The zero-order valence-electron chi connectivity index (χ0n) is 14.0. The monoisotopic (exact) mass is 413 g/mol. The molecular formula is C20H16BrNO4. The van der Waals surface area contributed by atoms with Crippen molar-refractivity contribution in [2.24, 2.45) is 0 Å². The van der Waals surface area contributed by atoms with E-state index in [4.69, 9.17) is 14.2 Å². The van der Waals surface area contributed by atoms with Crippen LogP contribution in [0.5, 0.6) is 17.2 Å². The van der Waals surface area contributed by atoms with Gasteiger partial charge in [0.15, 0.2) is 17.6 Å². The van der Waals surface area contributed by atoms with Crippen LogP contribution in [0.4, 0.5) is 5.69 Å². The molecule has 1 amide bonds. The van der Waals surface area contributed by atoms with Crippen molar-refractivity contribution in [2.45, 2.75) is 13.0 Å². The van der Waals surface area contributed by atoms with E-state index in [0.717, 1.165) is 20.9 Å². The first-order valence-corrected chi connectivity index (χ1v) is 8.95. The molecule has 6 heteroatoms. The molecule has 5 nitrogen and oxygen atoms in total. The van der Waals surface area contributed by atoms with Crippen molar-refractivity contribution in [2.75, 3.05) is 12.1 Å². The molecule has 26 heavy (non-hydrogen) atoms. The summed E-state index contributed by atoms with van der Waals surface area (Å²) in [5, 5.41) is 5.03. The van der Waals surface area contributed by atoms with E-state index >= 15 is 0 Å². The first-order valence-electron chi connectivity index (χ1n) is 8.15. The van der Waals surface area contributed by atoms with E-state index in [1.54, 1.807) is 25.1 Å². The van der Waals surface area contributed by atoms with Gasteiger partial charge >= 0.3 is 0 Å². The van der Waals surface area contributed by atoms with Crippen LogP contribution in [0.3, 0.4) is 0 Å². The minimum Gasteiger partial charge on any atom is -0.481 e. The van der Waals surface area contributed by atoms with Gasteiger partial charge < -0.3 is 19.5 Å². The van der Waals surface area contributed by atoms with Crippen molar-refractivity contribution in [3.63, 3.8) is 0 Å². The highest BCUT2D eigenvalue weighted by molar-refractivity contribution is 9.10. The number of anilines is 1. The molecule has 1 aliphatic heterocycles. The van der Waals surface area contributed by atoms with Gasteiger partial charge in [-0.25, -0.2) is 0 Å². The second kappa shape index (κ2) is 6.88. The Morgan fingerprint density at radius 1 is 1.12 bits per heavy atom. The number of hydrogen-bond donors (Lipinski definition) is 1. The number of amides is 1. The van der Waals surface area contributed by atoms with Gasteiger partial charge in [0.05, 0.1) is 0 Å². The van der Waals surface area contributed by atoms with Crippen LogP contribution in [0.15, 0.2) is 59.1 Å². The Balaban J connectivity index is 1.45. The summed E-state index contributed by atoms with van der Waals surface area (Å²) in [6.45, 7) is 1.91. The smallest absolute Gasteiger partial charge is 0.265 e. The molecule has 1 N–H and O–H groups in total. The van der Waals surface area contributed by atoms with Gasteiger partial charge in [-0.15, -0.1) is 0 Å². The second-order valence-corrected chi connectivity index (χ2v) is 6.79. The lowest BCUT2D eigenvalue weighted by atomic mass is 10.1. The topological polar surface area (TPSA) is 56.8 Å². The van der Waals surface area contributed by atoms with Gasteiger partial charge in [-0.3, -0.25) is 4.79 Å². The number of ether oxygens (including phenoxy) is 3. The zero-order valence-corrected chi connectivity index (χ0v) is 15.6. The molecule has 0 fully saturated rings. The van der Waals surface area contributed by atoms with Crippen LogP contribution < -0.4 is 19.5 Å². The number of benzene rings is 3. The minimum absolute atomic E-state index is 0.201. The Bertz CT molecular complexity index is 989. The molecule has 0 aliphatic carbocycles. The molecule has 0 saturated heterocycles. The Morgan fingerprint density at radius 2 is 1.96 bits per heavy atom. The molecule has 1 heterocycles. The summed E-state index contributed by atoms with van der Waals surface area (Å²) in [5.74, 6) is 1.63. The van der Waals surface area contributed by atoms with E-state index in [0.29, 0.717) is 17.2 Å². The van der Waals surface area contributed by atoms with Crippen molar-refractivity contribution in [1.82, 2.24) is 0 Å². The lowest BCUT2D eigenvalue weighted by Crippen LogP contribution is -2.30. The Hall–Kier alpha value is -2.73. The number of hydrogen-bond acceptors (Lipinski definition) is 4. The highest BCUT2D eigenvalue weighted by Crippen LogP contribution is 2.35. The van der Waals surface area contributed by atoms with Crippen molar-refractivity contribution in [3.8, 4) is 17.2 Å². The lowest BCUT2D eigenvalue weighted by molar-refractivity contribution is -0.122. The predicted molar refractivity (Wildman–Crippen MR) is 103 cm³/mol. The summed E-state index contributed by atoms with van der Waals surface area (Å²) in [5.41, 5.74) is 0.724. The number of carbonyl (C=O) groups is 1. The van der Waals surface area contributed by atoms with Gasteiger partial charge in [-0.2, -0.15) is 0 Å². The first-order chi connectivity index (χ1) is 12.6. The van der Waals surface area contributed by atoms with Crippen molar-refractivity contribution < 1.29 is 19.0 Å². The van der Waals surface area contributed by atoms with Crippen LogP contribution in [-0.4, -0.2) is 18.8 Å². The molecule has 1 aliphatic rings. The first kappa shape index (κ1) is 16.7. The third-order valence-corrected chi connectivity index (χ3v) is 4.81. The SMILES string of the molecule is CC(Oc1ccc2c(c1)OCO2)C(=O)Nc1ccc2c(Br)cccc2c1. The summed E-state index contributed by atoms with van der Waals surface area (Å²) in [7, 11) is 0. The van der Waals surface area contributed by atoms with Crippen molar-refractivity contribution in [3.05, 3.63) is 59.1 Å². The Labute approximate surface area is 159 Å². The van der Waals surface area contributed by atoms with E-state index in [-0.39, 0.29) is 12.7 Å². The van der Waals surface area contributed by atoms with E-state index in [2.05, 4.69) is 21.2 Å². The maximum Gasteiger partial charge on any atom is 0.265 e. The molecule has 0 aromatic heterocycles. The highest BCUT2D eigenvalue weighted by atomic mass is 79.9. The highest BCUT2D eigenvalue weighted by Gasteiger charge is 2.18. The molecule has 4 rings (SSSR count). The quantitative estimate of drug-likeness (QED) is 0.670. The van der Waals surface area contributed by atoms with Gasteiger partial charge in [0.1, 0.15) is 5.75 Å². The van der Waals surface area contributed by atoms with E-state index in [9.17, 15) is 4.79 Å². The molecular weight excluding hydrogens is 398 g/mol. The van der Waals surface area contributed by atoms with Crippen LogP contribution in [-0.2, 0) is 4.79 Å². The van der Waals surface area contributed by atoms with Crippen LogP contribution in [0.2, 0.25) is 0 Å². The van der Waals surface area contributed by atoms with Gasteiger partial charge in [-0.05, 0) is 48.0 Å². The average Bonchev–Trinajstić information content (AvgIpc) is 3.09. The van der Waals surface area contributed by atoms with Crippen LogP contribution >= 0.6 is 15.9 Å². The number of halogens is 1. The lowest BCUT2D eigenvalue weighted by Gasteiger charge is -2.15. The number of rotatable bonds is 4. The minimum atomic E-state index is -0.659. The van der Waals surface area contributed by atoms with E-state index in [1.807, 2.05) is 36.4 Å². The van der Waals surface area contributed by atoms with E-state index in [1.165, 1.54) is 0 Å². The number of nitrogens with one attached hydrogen (secondary N) is 1. The predicted octanol–water partition coefficient (Wildman–Crippen LogP) is 4.74. The largest absolute Gasteiger partial charge is 0.481 e. The zero-order chi connectivity index (χ0) is 18.1. The maximum atomic E-state index is 12.5. The molecule has 132 valence electrons. The molecule has 0 spiro atoms. The van der Waals surface area contributed by atoms with Gasteiger partial charge in [0.2, 0.25) is 6.79 Å². The van der Waals surface area contributed by atoms with E-state index < -0.39 is 6.10 Å². The Kier molecular flexibility index (Phi) is 4.42. The Morgan fingerprint density at radius 3 is 2.85 bits per heavy atom. The van der Waals surface area contributed by atoms with Crippen LogP contribution in [0.25, 0.3) is 10.8 Å². The number of carbonyl (C=O) groups excluding carboxylic acids is 1. The third kappa shape index (κ3) is 3.32. The maximum absolute atomic E-state index is 12.5. The molecule has 0 radical (unpaired) electrons. The standard InChI is InChI=1S/C20H16BrNO4/c1-12(26-15-6-8-18-19(10-15)25-11-24-18)20(23)22-14-5-7-16-13(9-14)3-2-4-17(16)21/h2-10,12H,11H2,1H3,(H,22,23).